The average molecular weight is 1110 g/mol. The second-order valence-electron chi connectivity index (χ2n) is 19.3. The molecule has 6 aromatic heterocycles. The van der Waals surface area contributed by atoms with Crippen LogP contribution in [-0.2, 0) is 50.5 Å². The number of aromatic amines is 2. The van der Waals surface area contributed by atoms with E-state index in [0.717, 1.165) is 49.9 Å². The fraction of sp³-hybridized carbons (Fsp3) is 0.117. The Kier molecular flexibility index (Phi) is 14.2. The minimum Gasteiger partial charge on any atom is -0.354 e. The zero-order valence-corrected chi connectivity index (χ0v) is 44.9. The van der Waals surface area contributed by atoms with Crippen molar-refractivity contribution in [3.8, 4) is 55.6 Å². The maximum absolute atomic E-state index is 12.2. The normalized spacial score (nSPS) is 12.6. The van der Waals surface area contributed by atoms with Gasteiger partial charge in [0.15, 0.2) is 37.2 Å². The smallest absolute Gasteiger partial charge is 0.294 e. The molecule has 0 amide bonds. The van der Waals surface area contributed by atoms with Crippen molar-refractivity contribution in [2.24, 2.45) is 7.05 Å². The third kappa shape index (κ3) is 11.4. The highest BCUT2D eigenvalue weighted by Gasteiger charge is 2.22. The molecule has 8 bridgehead atoms. The summed E-state index contributed by atoms with van der Waals surface area (Å²) in [5.41, 5.74) is 11.9. The highest BCUT2D eigenvalue weighted by atomic mass is 32.2. The van der Waals surface area contributed by atoms with Crippen LogP contribution in [0.2, 0.25) is 0 Å². The predicted molar refractivity (Wildman–Crippen MR) is 302 cm³/mol. The number of nitrogens with zero attached hydrogens (tertiary/aromatic N) is 5. The molecule has 0 spiro atoms. The Hall–Kier alpha value is -8.56. The number of nitrogens with one attached hydrogen (secondary N) is 2. The molecule has 3 aromatic carbocycles. The van der Waals surface area contributed by atoms with Gasteiger partial charge in [0.2, 0.25) is 0 Å². The first-order valence-corrected chi connectivity index (χ1v) is 29.6. The molecule has 0 unspecified atom stereocenters. The zero-order valence-electron chi connectivity index (χ0n) is 42.5. The van der Waals surface area contributed by atoms with E-state index in [4.69, 9.17) is 9.97 Å². The number of rotatable bonds is 15. The van der Waals surface area contributed by atoms with Gasteiger partial charge in [0.1, 0.15) is 20.1 Å². The Labute approximate surface area is 456 Å². The van der Waals surface area contributed by atoms with E-state index >= 15 is 0 Å². The standard InChI is InChI=1S/C60H49N7O9S3/c1-65-34-26-40(27-35-65)41-28-36-66(37-29-41)32-4-2-3-5-33-67-38-30-45(31-39-67)60-55-24-22-53(63-55)58(43-8-14-47(15-9-43)78(71,72)73)51-20-18-49(61-51)57(42-6-12-46(13-7-42)77(68,69)70)50-19-21-52(62-50)59(54-23-25-56(60)64-54)44-10-16-48(17-11-44)79(74,75)76/h6-31,34-39H,2-5,32-33H2,1H3,(H2-,68,69,70,71,72,73,74,75,76)/p+3. The molecule has 79 heavy (non-hydrogen) atoms. The first kappa shape index (κ1) is 52.5. The molecule has 5 N–H and O–H groups in total. The van der Waals surface area contributed by atoms with Crippen LogP contribution >= 0.6 is 0 Å². The number of hydrogen-bond acceptors (Lipinski definition) is 8. The lowest BCUT2D eigenvalue weighted by molar-refractivity contribution is -0.698. The molecule has 16 nitrogen and oxygen atoms in total. The van der Waals surface area contributed by atoms with Crippen LogP contribution in [-0.4, -0.2) is 58.8 Å². The van der Waals surface area contributed by atoms with Gasteiger partial charge in [-0.1, -0.05) is 36.4 Å². The van der Waals surface area contributed by atoms with Gasteiger partial charge in [-0.2, -0.15) is 25.3 Å². The van der Waals surface area contributed by atoms with Gasteiger partial charge < -0.3 is 9.97 Å². The second-order valence-corrected chi connectivity index (χ2v) is 23.6. The molecule has 0 fully saturated rings. The number of aryl methyl sites for hydroxylation is 3. The monoisotopic (exact) mass is 1110 g/mol. The molecule has 9 aromatic rings. The third-order valence-electron chi connectivity index (χ3n) is 14.0. The van der Waals surface area contributed by atoms with Crippen LogP contribution in [0.15, 0.2) is 185 Å². The van der Waals surface area contributed by atoms with Crippen molar-refractivity contribution < 1.29 is 52.6 Å². The van der Waals surface area contributed by atoms with E-state index in [-0.39, 0.29) is 14.7 Å². The minimum absolute atomic E-state index is 0.282. The Morgan fingerprint density at radius 2 is 0.620 bits per heavy atom. The summed E-state index contributed by atoms with van der Waals surface area (Å²) in [5, 5.41) is 0. The predicted octanol–water partition coefficient (Wildman–Crippen LogP) is 10.4. The molecule has 0 aliphatic carbocycles. The molecule has 0 atom stereocenters. The van der Waals surface area contributed by atoms with E-state index in [0.29, 0.717) is 78.2 Å². The lowest BCUT2D eigenvalue weighted by Crippen LogP contribution is -2.33. The summed E-state index contributed by atoms with van der Waals surface area (Å²) in [5.74, 6) is 0. The van der Waals surface area contributed by atoms with Crippen LogP contribution in [0.25, 0.3) is 102 Å². The number of unbranched alkanes of at least 4 members (excludes halogenated alkanes) is 3. The number of aromatic nitrogens is 7. The zero-order chi connectivity index (χ0) is 55.1. The summed E-state index contributed by atoms with van der Waals surface area (Å²) < 4.78 is 109. The molecule has 0 saturated carbocycles. The van der Waals surface area contributed by atoms with Gasteiger partial charge in [0, 0.05) is 93.6 Å². The van der Waals surface area contributed by atoms with E-state index in [1.54, 1.807) is 36.4 Å². The van der Waals surface area contributed by atoms with Crippen LogP contribution in [0.5, 0.6) is 0 Å². The molecule has 0 radical (unpaired) electrons. The summed E-state index contributed by atoms with van der Waals surface area (Å²) in [4.78, 5) is 16.8. The van der Waals surface area contributed by atoms with Crippen LogP contribution < -0.4 is 13.7 Å². The topological polar surface area (TPSA) is 232 Å². The van der Waals surface area contributed by atoms with Gasteiger partial charge >= 0.3 is 0 Å². The fourth-order valence-corrected chi connectivity index (χ4v) is 11.4. The fourth-order valence-electron chi connectivity index (χ4n) is 10.0. The molecule has 2 aliphatic heterocycles. The largest absolute Gasteiger partial charge is 0.354 e. The van der Waals surface area contributed by atoms with Crippen LogP contribution in [0.1, 0.15) is 48.5 Å². The molecule has 0 saturated heterocycles. The lowest BCUT2D eigenvalue weighted by atomic mass is 10.0. The molecule has 8 heterocycles. The van der Waals surface area contributed by atoms with E-state index < -0.39 is 30.4 Å². The van der Waals surface area contributed by atoms with Gasteiger partial charge in [0.25, 0.3) is 30.4 Å². The molecule has 19 heteroatoms. The van der Waals surface area contributed by atoms with Crippen LogP contribution in [0.4, 0.5) is 0 Å². The van der Waals surface area contributed by atoms with E-state index in [9.17, 15) is 38.9 Å². The van der Waals surface area contributed by atoms with Crippen molar-refractivity contribution >= 4 is 76.7 Å². The molecular weight excluding hydrogens is 1060 g/mol. The average Bonchev–Trinajstić information content (AvgIpc) is 4.32. The van der Waals surface area contributed by atoms with Crippen molar-refractivity contribution in [2.75, 3.05) is 0 Å². The maximum Gasteiger partial charge on any atom is 0.294 e. The van der Waals surface area contributed by atoms with Gasteiger partial charge in [-0.05, 0) is 131 Å². The minimum atomic E-state index is -4.53. The van der Waals surface area contributed by atoms with Gasteiger partial charge in [-0.25, -0.2) is 23.7 Å². The van der Waals surface area contributed by atoms with Crippen molar-refractivity contribution in [2.45, 2.75) is 53.5 Å². The summed E-state index contributed by atoms with van der Waals surface area (Å²) in [6, 6.07) is 37.5. The van der Waals surface area contributed by atoms with Gasteiger partial charge in [0.05, 0.1) is 37.5 Å². The molecular formula is C60H52N7O9S3+3. The maximum atomic E-state index is 12.2. The van der Waals surface area contributed by atoms with E-state index in [1.807, 2.05) is 72.6 Å². The number of pyridine rings is 3. The summed E-state index contributed by atoms with van der Waals surface area (Å²) in [6.07, 6.45) is 24.1. The highest BCUT2D eigenvalue weighted by molar-refractivity contribution is 7.86. The van der Waals surface area contributed by atoms with Crippen LogP contribution in [0.3, 0.4) is 0 Å². The highest BCUT2D eigenvalue weighted by Crippen LogP contribution is 2.39. The summed E-state index contributed by atoms with van der Waals surface area (Å²) in [6.45, 7) is 1.76. The second kappa shape index (κ2) is 21.3. The molecule has 11 rings (SSSR count). The molecule has 2 aliphatic rings. The van der Waals surface area contributed by atoms with Crippen molar-refractivity contribution in [1.82, 2.24) is 19.9 Å². The lowest BCUT2D eigenvalue weighted by Gasteiger charge is -2.08. The SMILES string of the molecule is C[n+]1ccc(-c2cc[n+](CCCCCC[n+]3ccc(-c4c5nc(c(-c6ccc(S(=O)(=O)O)cc6)c6ccc([nH]6)c(-c6ccc(S(=O)(=O)O)cc6)c6nc(c(-c7ccc(S(=O)(=O)O)cc7)c7ccc4[nH]7)C=C6)C=C5)cc3)cc2)cc1. The number of benzene rings is 3. The van der Waals surface area contributed by atoms with E-state index in [2.05, 4.69) is 80.3 Å². The number of H-pyrrole nitrogens is 2. The third-order valence-corrected chi connectivity index (χ3v) is 16.6. The van der Waals surface area contributed by atoms with Crippen LogP contribution in [0, 0.1) is 0 Å². The number of fused-ring (bicyclic) bond motifs is 8. The van der Waals surface area contributed by atoms with Crippen molar-refractivity contribution in [3.05, 3.63) is 193 Å². The van der Waals surface area contributed by atoms with Gasteiger partial charge in [-0.15, -0.1) is 0 Å². The first-order chi connectivity index (χ1) is 37.9. The Morgan fingerprint density at radius 3 is 0.911 bits per heavy atom. The van der Waals surface area contributed by atoms with Crippen molar-refractivity contribution in [3.63, 3.8) is 0 Å². The molecule has 396 valence electrons. The Balaban J connectivity index is 1.01. The number of hydrogen-bond donors (Lipinski definition) is 5. The van der Waals surface area contributed by atoms with Crippen molar-refractivity contribution in [1.29, 1.82) is 0 Å². The summed E-state index contributed by atoms with van der Waals surface area (Å²) >= 11 is 0. The first-order valence-electron chi connectivity index (χ1n) is 25.3. The Bertz CT molecular complexity index is 4340. The van der Waals surface area contributed by atoms with E-state index in [1.165, 1.54) is 47.5 Å². The summed E-state index contributed by atoms with van der Waals surface area (Å²) in [7, 11) is -11.5. The quantitative estimate of drug-likeness (QED) is 0.0368. The van der Waals surface area contributed by atoms with Gasteiger partial charge in [-0.3, -0.25) is 13.7 Å². The Morgan fingerprint density at radius 1 is 0.354 bits per heavy atom.